The maximum Gasteiger partial charge on any atom is 0.233 e. The van der Waals surface area contributed by atoms with Crippen molar-refractivity contribution in [3.05, 3.63) is 30.2 Å². The summed E-state index contributed by atoms with van der Waals surface area (Å²) in [6, 6.07) is 2.60. The standard InChI is InChI=1S/C11H15N5O/c1-8(11-14-13-9(2)17-11)15-6-10(7-15)16-5-3-4-12-16/h3-5,8,10H,6-7H2,1-2H3. The minimum Gasteiger partial charge on any atom is -0.424 e. The second kappa shape index (κ2) is 3.96. The van der Waals surface area contributed by atoms with E-state index in [-0.39, 0.29) is 6.04 Å². The van der Waals surface area contributed by atoms with Gasteiger partial charge in [0.2, 0.25) is 11.8 Å². The van der Waals surface area contributed by atoms with Gasteiger partial charge in [0.25, 0.3) is 0 Å². The number of aryl methyl sites for hydroxylation is 1. The molecule has 0 aromatic carbocycles. The molecule has 1 aliphatic rings. The molecule has 0 bridgehead atoms. The minimum atomic E-state index is 0.183. The Morgan fingerprint density at radius 1 is 1.41 bits per heavy atom. The molecular weight excluding hydrogens is 218 g/mol. The van der Waals surface area contributed by atoms with Gasteiger partial charge < -0.3 is 4.42 Å². The van der Waals surface area contributed by atoms with Gasteiger partial charge in [-0.05, 0) is 13.0 Å². The first kappa shape index (κ1) is 10.5. The molecule has 0 N–H and O–H groups in total. The van der Waals surface area contributed by atoms with Crippen LogP contribution in [0.2, 0.25) is 0 Å². The lowest BCUT2D eigenvalue weighted by atomic mass is 10.1. The Morgan fingerprint density at radius 3 is 2.82 bits per heavy atom. The summed E-state index contributed by atoms with van der Waals surface area (Å²) in [6.45, 7) is 5.85. The largest absolute Gasteiger partial charge is 0.424 e. The quantitative estimate of drug-likeness (QED) is 0.797. The lowest BCUT2D eigenvalue weighted by Gasteiger charge is -2.41. The topological polar surface area (TPSA) is 60.0 Å². The first-order valence-electron chi connectivity index (χ1n) is 5.77. The number of hydrogen-bond donors (Lipinski definition) is 0. The SMILES string of the molecule is Cc1nnc(C(C)N2CC(n3cccn3)C2)o1. The van der Waals surface area contributed by atoms with Crippen LogP contribution in [-0.4, -0.2) is 38.0 Å². The molecule has 0 amide bonds. The third-order valence-electron chi connectivity index (χ3n) is 3.24. The highest BCUT2D eigenvalue weighted by molar-refractivity contribution is 4.96. The van der Waals surface area contributed by atoms with Crippen LogP contribution in [0.5, 0.6) is 0 Å². The zero-order chi connectivity index (χ0) is 11.8. The van der Waals surface area contributed by atoms with Crippen LogP contribution in [0.1, 0.15) is 30.8 Å². The van der Waals surface area contributed by atoms with Crippen molar-refractivity contribution in [2.24, 2.45) is 0 Å². The molecule has 6 heteroatoms. The van der Waals surface area contributed by atoms with Crippen molar-refractivity contribution in [2.45, 2.75) is 25.9 Å². The molecule has 0 spiro atoms. The van der Waals surface area contributed by atoms with Crippen molar-refractivity contribution < 1.29 is 4.42 Å². The van der Waals surface area contributed by atoms with E-state index in [1.165, 1.54) is 0 Å². The van der Waals surface area contributed by atoms with E-state index in [4.69, 9.17) is 4.42 Å². The van der Waals surface area contributed by atoms with Crippen molar-refractivity contribution in [3.63, 3.8) is 0 Å². The normalized spacial score (nSPS) is 19.2. The van der Waals surface area contributed by atoms with Crippen LogP contribution in [0.4, 0.5) is 0 Å². The molecule has 17 heavy (non-hydrogen) atoms. The zero-order valence-electron chi connectivity index (χ0n) is 9.95. The highest BCUT2D eigenvalue weighted by Crippen LogP contribution is 2.29. The van der Waals surface area contributed by atoms with E-state index >= 15 is 0 Å². The Balaban J connectivity index is 1.62. The summed E-state index contributed by atoms with van der Waals surface area (Å²) in [5, 5.41) is 12.2. The summed E-state index contributed by atoms with van der Waals surface area (Å²) in [4.78, 5) is 2.30. The number of nitrogens with zero attached hydrogens (tertiary/aromatic N) is 5. The smallest absolute Gasteiger partial charge is 0.233 e. The summed E-state index contributed by atoms with van der Waals surface area (Å²) in [5.41, 5.74) is 0. The zero-order valence-corrected chi connectivity index (χ0v) is 9.95. The second-order valence-corrected chi connectivity index (χ2v) is 4.43. The monoisotopic (exact) mass is 233 g/mol. The van der Waals surface area contributed by atoms with Gasteiger partial charge in [0.05, 0.1) is 12.1 Å². The molecule has 1 unspecified atom stereocenters. The van der Waals surface area contributed by atoms with Crippen molar-refractivity contribution in [1.29, 1.82) is 0 Å². The highest BCUT2D eigenvalue weighted by atomic mass is 16.4. The first-order chi connectivity index (χ1) is 8.24. The van der Waals surface area contributed by atoms with Gasteiger partial charge in [-0.15, -0.1) is 10.2 Å². The molecule has 1 aliphatic heterocycles. The summed E-state index contributed by atoms with van der Waals surface area (Å²) >= 11 is 0. The van der Waals surface area contributed by atoms with Crippen molar-refractivity contribution >= 4 is 0 Å². The fraction of sp³-hybridized carbons (Fsp3) is 0.545. The Labute approximate surface area is 99.2 Å². The number of likely N-dealkylation sites (tertiary alicyclic amines) is 1. The molecule has 2 aromatic rings. The lowest BCUT2D eigenvalue weighted by molar-refractivity contribution is 0.0479. The van der Waals surface area contributed by atoms with E-state index in [9.17, 15) is 0 Å². The molecule has 3 heterocycles. The van der Waals surface area contributed by atoms with Gasteiger partial charge in [-0.25, -0.2) is 0 Å². The molecule has 3 rings (SSSR count). The molecule has 1 fully saturated rings. The van der Waals surface area contributed by atoms with Gasteiger partial charge in [0.1, 0.15) is 0 Å². The Kier molecular flexibility index (Phi) is 2.44. The maximum atomic E-state index is 5.44. The van der Waals surface area contributed by atoms with Crippen molar-refractivity contribution in [3.8, 4) is 0 Å². The Hall–Kier alpha value is -1.69. The van der Waals surface area contributed by atoms with Crippen LogP contribution in [-0.2, 0) is 0 Å². The predicted molar refractivity (Wildman–Crippen MR) is 60.3 cm³/mol. The van der Waals surface area contributed by atoms with Gasteiger partial charge in [-0.2, -0.15) is 5.10 Å². The first-order valence-corrected chi connectivity index (χ1v) is 5.77. The number of rotatable bonds is 3. The van der Waals surface area contributed by atoms with E-state index in [2.05, 4.69) is 27.1 Å². The molecule has 1 atom stereocenters. The third-order valence-corrected chi connectivity index (χ3v) is 3.24. The number of aromatic nitrogens is 4. The summed E-state index contributed by atoms with van der Waals surface area (Å²) in [6.07, 6.45) is 3.82. The minimum absolute atomic E-state index is 0.183. The van der Waals surface area contributed by atoms with Gasteiger partial charge in [0.15, 0.2) is 0 Å². The van der Waals surface area contributed by atoms with Gasteiger partial charge >= 0.3 is 0 Å². The van der Waals surface area contributed by atoms with E-state index < -0.39 is 0 Å². The molecule has 6 nitrogen and oxygen atoms in total. The fourth-order valence-electron chi connectivity index (χ4n) is 2.10. The molecular formula is C11H15N5O. The van der Waals surface area contributed by atoms with Gasteiger partial charge in [-0.3, -0.25) is 9.58 Å². The maximum absolute atomic E-state index is 5.44. The van der Waals surface area contributed by atoms with Gasteiger partial charge in [-0.1, -0.05) is 0 Å². The average molecular weight is 233 g/mol. The summed E-state index contributed by atoms with van der Waals surface area (Å²) < 4.78 is 7.44. The Morgan fingerprint density at radius 2 is 2.24 bits per heavy atom. The third kappa shape index (κ3) is 1.84. The van der Waals surface area contributed by atoms with Gasteiger partial charge in [0, 0.05) is 32.4 Å². The molecule has 0 radical (unpaired) electrons. The van der Waals surface area contributed by atoms with Crippen LogP contribution in [0.15, 0.2) is 22.9 Å². The van der Waals surface area contributed by atoms with E-state index in [1.807, 2.05) is 30.1 Å². The summed E-state index contributed by atoms with van der Waals surface area (Å²) in [7, 11) is 0. The number of hydrogen-bond acceptors (Lipinski definition) is 5. The molecule has 90 valence electrons. The van der Waals surface area contributed by atoms with E-state index in [1.54, 1.807) is 0 Å². The van der Waals surface area contributed by atoms with E-state index in [0.717, 1.165) is 13.1 Å². The lowest BCUT2D eigenvalue weighted by Crippen LogP contribution is -2.48. The fourth-order valence-corrected chi connectivity index (χ4v) is 2.10. The average Bonchev–Trinajstić information content (AvgIpc) is 2.86. The second-order valence-electron chi connectivity index (χ2n) is 4.43. The van der Waals surface area contributed by atoms with Crippen LogP contribution in [0.3, 0.4) is 0 Å². The van der Waals surface area contributed by atoms with Crippen LogP contribution >= 0.6 is 0 Å². The Bertz CT molecular complexity index is 486. The molecule has 2 aromatic heterocycles. The predicted octanol–water partition coefficient (Wildman–Crippen LogP) is 1.19. The highest BCUT2D eigenvalue weighted by Gasteiger charge is 2.34. The van der Waals surface area contributed by atoms with Crippen LogP contribution < -0.4 is 0 Å². The van der Waals surface area contributed by atoms with Crippen LogP contribution in [0.25, 0.3) is 0 Å². The van der Waals surface area contributed by atoms with Crippen LogP contribution in [0, 0.1) is 6.92 Å². The van der Waals surface area contributed by atoms with Crippen molar-refractivity contribution in [2.75, 3.05) is 13.1 Å². The molecule has 1 saturated heterocycles. The summed E-state index contributed by atoms with van der Waals surface area (Å²) in [5.74, 6) is 1.32. The molecule has 0 saturated carbocycles. The van der Waals surface area contributed by atoms with E-state index in [0.29, 0.717) is 17.8 Å². The van der Waals surface area contributed by atoms with Crippen molar-refractivity contribution in [1.82, 2.24) is 24.9 Å². The molecule has 0 aliphatic carbocycles.